The van der Waals surface area contributed by atoms with Crippen molar-refractivity contribution in [2.45, 2.75) is 44.4 Å². The second kappa shape index (κ2) is 9.15. The zero-order valence-corrected chi connectivity index (χ0v) is 17.5. The highest BCUT2D eigenvalue weighted by molar-refractivity contribution is 5.92. The van der Waals surface area contributed by atoms with E-state index in [0.29, 0.717) is 32.6 Å². The molecule has 3 atom stereocenters. The topological polar surface area (TPSA) is 98.9 Å². The number of nitrogens with one attached hydrogen (secondary N) is 1. The van der Waals surface area contributed by atoms with Crippen molar-refractivity contribution in [3.05, 3.63) is 41.9 Å². The Morgan fingerprint density at radius 2 is 1.94 bits per heavy atom. The van der Waals surface area contributed by atoms with Crippen molar-refractivity contribution in [2.24, 2.45) is 0 Å². The molecular weight excluding hydrogens is 403 g/mol. The summed E-state index contributed by atoms with van der Waals surface area (Å²) >= 11 is 0. The fourth-order valence-electron chi connectivity index (χ4n) is 4.50. The third-order valence-corrected chi connectivity index (χ3v) is 6.25. The second-order valence-electron chi connectivity index (χ2n) is 8.17. The van der Waals surface area contributed by atoms with Gasteiger partial charge in [-0.25, -0.2) is 4.39 Å². The SMILES string of the molecule is CC(=O)N1CCN([C@@H]2CCC[C@@H](NC(=O)c3cc(-c4ccccc4F)no3)[C@H]2O)CC1. The Bertz CT molecular complexity index is 941. The number of aliphatic hydroxyl groups excluding tert-OH is 1. The van der Waals surface area contributed by atoms with E-state index >= 15 is 0 Å². The summed E-state index contributed by atoms with van der Waals surface area (Å²) < 4.78 is 19.1. The molecule has 2 aliphatic rings. The van der Waals surface area contributed by atoms with E-state index in [1.165, 1.54) is 12.1 Å². The maximum atomic E-state index is 14.0. The molecule has 2 amide bonds. The average Bonchev–Trinajstić information content (AvgIpc) is 3.26. The molecule has 1 aliphatic heterocycles. The number of hydrogen-bond donors (Lipinski definition) is 2. The average molecular weight is 430 g/mol. The highest BCUT2D eigenvalue weighted by Crippen LogP contribution is 2.26. The molecule has 2 heterocycles. The quantitative estimate of drug-likeness (QED) is 0.766. The van der Waals surface area contributed by atoms with Gasteiger partial charge in [0.25, 0.3) is 5.91 Å². The van der Waals surface area contributed by atoms with Gasteiger partial charge in [-0.05, 0) is 31.4 Å². The number of nitrogens with zero attached hydrogens (tertiary/aromatic N) is 3. The van der Waals surface area contributed by atoms with E-state index in [0.717, 1.165) is 12.8 Å². The van der Waals surface area contributed by atoms with Gasteiger partial charge < -0.3 is 19.8 Å². The first kappa shape index (κ1) is 21.5. The number of benzene rings is 1. The first-order valence-corrected chi connectivity index (χ1v) is 10.6. The molecule has 1 aromatic carbocycles. The molecule has 0 bridgehead atoms. The molecule has 0 unspecified atom stereocenters. The molecule has 9 heteroatoms. The molecule has 1 aliphatic carbocycles. The van der Waals surface area contributed by atoms with Gasteiger partial charge in [-0.1, -0.05) is 17.3 Å². The molecule has 4 rings (SSSR count). The molecule has 2 fully saturated rings. The van der Waals surface area contributed by atoms with Crippen LogP contribution in [0.5, 0.6) is 0 Å². The van der Waals surface area contributed by atoms with Crippen LogP contribution in [0.3, 0.4) is 0 Å². The van der Waals surface area contributed by atoms with Gasteiger partial charge in [-0.3, -0.25) is 14.5 Å². The van der Waals surface area contributed by atoms with Gasteiger partial charge in [0, 0.05) is 50.8 Å². The first-order valence-electron chi connectivity index (χ1n) is 10.6. The van der Waals surface area contributed by atoms with Crippen molar-refractivity contribution in [1.29, 1.82) is 0 Å². The number of rotatable bonds is 4. The van der Waals surface area contributed by atoms with Crippen LogP contribution in [0.25, 0.3) is 11.3 Å². The van der Waals surface area contributed by atoms with Crippen molar-refractivity contribution in [1.82, 2.24) is 20.3 Å². The minimum Gasteiger partial charge on any atom is -0.389 e. The summed E-state index contributed by atoms with van der Waals surface area (Å²) in [5, 5.41) is 17.6. The molecule has 2 N–H and O–H groups in total. The van der Waals surface area contributed by atoms with Crippen molar-refractivity contribution in [3.8, 4) is 11.3 Å². The Kier molecular flexibility index (Phi) is 6.33. The third-order valence-electron chi connectivity index (χ3n) is 6.25. The van der Waals surface area contributed by atoms with Crippen LogP contribution >= 0.6 is 0 Å². The predicted molar refractivity (Wildman–Crippen MR) is 111 cm³/mol. The predicted octanol–water partition coefficient (Wildman–Crippen LogP) is 1.66. The molecule has 1 saturated heterocycles. The summed E-state index contributed by atoms with van der Waals surface area (Å²) in [6.45, 7) is 4.27. The largest absolute Gasteiger partial charge is 0.389 e. The summed E-state index contributed by atoms with van der Waals surface area (Å²) in [5.41, 5.74) is 0.501. The van der Waals surface area contributed by atoms with Gasteiger partial charge in [0.05, 0.1) is 12.1 Å². The van der Waals surface area contributed by atoms with Crippen LogP contribution in [-0.4, -0.2) is 76.2 Å². The van der Waals surface area contributed by atoms with Crippen LogP contribution in [0.1, 0.15) is 36.7 Å². The van der Waals surface area contributed by atoms with E-state index < -0.39 is 23.9 Å². The van der Waals surface area contributed by atoms with E-state index in [2.05, 4.69) is 15.4 Å². The van der Waals surface area contributed by atoms with Gasteiger partial charge in [-0.2, -0.15) is 0 Å². The monoisotopic (exact) mass is 430 g/mol. The summed E-state index contributed by atoms with van der Waals surface area (Å²) in [7, 11) is 0. The molecule has 166 valence electrons. The Hall–Kier alpha value is -2.78. The molecular formula is C22H27FN4O4. The van der Waals surface area contributed by atoms with Gasteiger partial charge >= 0.3 is 0 Å². The van der Waals surface area contributed by atoms with Crippen molar-refractivity contribution >= 4 is 11.8 Å². The van der Waals surface area contributed by atoms with E-state index in [9.17, 15) is 19.1 Å². The van der Waals surface area contributed by atoms with Crippen LogP contribution < -0.4 is 5.32 Å². The Morgan fingerprint density at radius 3 is 2.65 bits per heavy atom. The summed E-state index contributed by atoms with van der Waals surface area (Å²) in [6, 6.07) is 7.06. The summed E-state index contributed by atoms with van der Waals surface area (Å²) in [6.07, 6.45) is 1.64. The van der Waals surface area contributed by atoms with E-state index in [-0.39, 0.29) is 29.0 Å². The van der Waals surface area contributed by atoms with Crippen LogP contribution in [-0.2, 0) is 4.79 Å². The van der Waals surface area contributed by atoms with E-state index in [4.69, 9.17) is 4.52 Å². The van der Waals surface area contributed by atoms with Crippen molar-refractivity contribution in [2.75, 3.05) is 26.2 Å². The standard InChI is InChI=1S/C22H27FN4O4/c1-14(28)26-9-11-27(12-10-26)19-8-4-7-17(21(19)29)24-22(30)20-13-18(25-31-20)15-5-2-3-6-16(15)23/h2-3,5-6,13,17,19,21,29H,4,7-12H2,1H3,(H,24,30)/t17-,19-,21-/m1/s1. The highest BCUT2D eigenvalue weighted by Gasteiger charge is 2.38. The first-order chi connectivity index (χ1) is 14.9. The molecule has 1 saturated carbocycles. The minimum absolute atomic E-state index is 0.0253. The lowest BCUT2D eigenvalue weighted by atomic mass is 9.86. The van der Waals surface area contributed by atoms with E-state index in [1.54, 1.807) is 25.1 Å². The van der Waals surface area contributed by atoms with Crippen LogP contribution in [0.2, 0.25) is 0 Å². The van der Waals surface area contributed by atoms with Crippen molar-refractivity contribution < 1.29 is 23.6 Å². The lowest BCUT2D eigenvalue weighted by Crippen LogP contribution is -2.60. The van der Waals surface area contributed by atoms with Gasteiger partial charge in [0.1, 0.15) is 11.5 Å². The number of aromatic nitrogens is 1. The minimum atomic E-state index is -0.726. The number of carbonyl (C=O) groups is 2. The lowest BCUT2D eigenvalue weighted by Gasteiger charge is -2.44. The maximum absolute atomic E-state index is 14.0. The Morgan fingerprint density at radius 1 is 1.19 bits per heavy atom. The van der Waals surface area contributed by atoms with Crippen LogP contribution in [0.15, 0.2) is 34.9 Å². The normalized spacial score (nSPS) is 24.7. The number of halogens is 1. The second-order valence-corrected chi connectivity index (χ2v) is 8.17. The highest BCUT2D eigenvalue weighted by atomic mass is 19.1. The fraction of sp³-hybridized carbons (Fsp3) is 0.500. The zero-order chi connectivity index (χ0) is 22.0. The van der Waals surface area contributed by atoms with Gasteiger partial charge in [-0.15, -0.1) is 0 Å². The van der Waals surface area contributed by atoms with Gasteiger partial charge in [0.2, 0.25) is 11.7 Å². The van der Waals surface area contributed by atoms with Crippen LogP contribution in [0, 0.1) is 5.82 Å². The zero-order valence-electron chi connectivity index (χ0n) is 17.5. The molecule has 31 heavy (non-hydrogen) atoms. The molecule has 8 nitrogen and oxygen atoms in total. The number of aliphatic hydroxyl groups is 1. The maximum Gasteiger partial charge on any atom is 0.290 e. The number of carbonyl (C=O) groups excluding carboxylic acids is 2. The fourth-order valence-corrected chi connectivity index (χ4v) is 4.50. The molecule has 2 aromatic rings. The van der Waals surface area contributed by atoms with Gasteiger partial charge in [0.15, 0.2) is 0 Å². The Labute approximate surface area is 180 Å². The summed E-state index contributed by atoms with van der Waals surface area (Å²) in [5.74, 6) is -0.891. The molecule has 0 radical (unpaired) electrons. The van der Waals surface area contributed by atoms with E-state index in [1.807, 2.05) is 4.90 Å². The number of hydrogen-bond acceptors (Lipinski definition) is 6. The number of piperazine rings is 1. The third kappa shape index (κ3) is 4.62. The molecule has 1 aromatic heterocycles. The van der Waals surface area contributed by atoms with Crippen molar-refractivity contribution in [3.63, 3.8) is 0 Å². The Balaban J connectivity index is 1.38. The molecule has 0 spiro atoms. The smallest absolute Gasteiger partial charge is 0.290 e. The lowest BCUT2D eigenvalue weighted by molar-refractivity contribution is -0.131. The van der Waals surface area contributed by atoms with Crippen LogP contribution in [0.4, 0.5) is 4.39 Å². The summed E-state index contributed by atoms with van der Waals surface area (Å²) in [4.78, 5) is 28.2. The number of amides is 2.